The maximum Gasteiger partial charge on any atom is 0.0791 e. The lowest BCUT2D eigenvalue weighted by atomic mass is 10.2. The minimum absolute atomic E-state index is 0.0265. The van der Waals surface area contributed by atoms with E-state index < -0.39 is 0 Å². The van der Waals surface area contributed by atoms with Gasteiger partial charge in [-0.15, -0.1) is 0 Å². The van der Waals surface area contributed by atoms with Crippen molar-refractivity contribution >= 4 is 0 Å². The van der Waals surface area contributed by atoms with Gasteiger partial charge in [-0.25, -0.2) is 0 Å². The van der Waals surface area contributed by atoms with Crippen LogP contribution < -0.4 is 5.32 Å². The molecule has 4 heteroatoms. The number of hydrogen-bond donors (Lipinski definition) is 2. The van der Waals surface area contributed by atoms with Crippen LogP contribution in [-0.2, 0) is 0 Å². The van der Waals surface area contributed by atoms with Crippen molar-refractivity contribution in [3.8, 4) is 6.07 Å². The van der Waals surface area contributed by atoms with Gasteiger partial charge in [0.2, 0.25) is 0 Å². The van der Waals surface area contributed by atoms with E-state index in [0.29, 0.717) is 19.1 Å². The first-order chi connectivity index (χ1) is 7.11. The topological polar surface area (TPSA) is 59.3 Å². The Morgan fingerprint density at radius 1 is 1.53 bits per heavy atom. The van der Waals surface area contributed by atoms with Gasteiger partial charge in [0, 0.05) is 25.7 Å². The molecule has 0 aromatic heterocycles. The van der Waals surface area contributed by atoms with Crippen LogP contribution >= 0.6 is 0 Å². The lowest BCUT2D eigenvalue weighted by Crippen LogP contribution is -2.38. The van der Waals surface area contributed by atoms with E-state index in [1.165, 1.54) is 12.8 Å². The van der Waals surface area contributed by atoms with Gasteiger partial charge in [-0.3, -0.25) is 0 Å². The summed E-state index contributed by atoms with van der Waals surface area (Å²) in [6.45, 7) is 3.91. The van der Waals surface area contributed by atoms with Crippen LogP contribution in [-0.4, -0.2) is 48.8 Å². The summed E-state index contributed by atoms with van der Waals surface area (Å²) in [6, 6.07) is 2.83. The summed E-state index contributed by atoms with van der Waals surface area (Å²) in [4.78, 5) is 2.01. The van der Waals surface area contributed by atoms with E-state index in [9.17, 15) is 5.11 Å². The van der Waals surface area contributed by atoms with Gasteiger partial charge >= 0.3 is 0 Å². The first-order valence-electron chi connectivity index (χ1n) is 5.61. The van der Waals surface area contributed by atoms with Crippen molar-refractivity contribution in [1.29, 1.82) is 5.26 Å². The van der Waals surface area contributed by atoms with Gasteiger partial charge in [-0.1, -0.05) is 0 Å². The van der Waals surface area contributed by atoms with E-state index in [4.69, 9.17) is 5.26 Å². The first-order valence-corrected chi connectivity index (χ1v) is 5.61. The third-order valence-electron chi connectivity index (χ3n) is 2.55. The quantitative estimate of drug-likeness (QED) is 0.631. The van der Waals surface area contributed by atoms with E-state index in [1.54, 1.807) is 0 Å². The number of nitrogens with zero attached hydrogens (tertiary/aromatic N) is 2. The number of aliphatic hydroxyl groups is 1. The molecule has 1 saturated carbocycles. The maximum absolute atomic E-state index is 9.69. The monoisotopic (exact) mass is 211 g/mol. The van der Waals surface area contributed by atoms with Gasteiger partial charge in [0.05, 0.1) is 18.1 Å². The summed E-state index contributed by atoms with van der Waals surface area (Å²) in [5.41, 5.74) is 0. The molecule has 0 saturated heterocycles. The molecule has 1 aliphatic carbocycles. The normalized spacial score (nSPS) is 19.9. The SMILES string of the molecule is CC(C#N)CN(C)CC(O)CNC1CC1. The Kier molecular flexibility index (Phi) is 5.03. The number of hydrogen-bond acceptors (Lipinski definition) is 4. The highest BCUT2D eigenvalue weighted by atomic mass is 16.3. The van der Waals surface area contributed by atoms with E-state index in [2.05, 4.69) is 11.4 Å². The van der Waals surface area contributed by atoms with Crippen LogP contribution in [0.1, 0.15) is 19.8 Å². The maximum atomic E-state index is 9.69. The lowest BCUT2D eigenvalue weighted by molar-refractivity contribution is 0.120. The molecule has 0 heterocycles. The molecule has 86 valence electrons. The van der Waals surface area contributed by atoms with Crippen LogP contribution in [0.2, 0.25) is 0 Å². The van der Waals surface area contributed by atoms with Gasteiger partial charge in [-0.05, 0) is 26.8 Å². The molecule has 0 radical (unpaired) electrons. The molecule has 1 fully saturated rings. The van der Waals surface area contributed by atoms with Crippen molar-refractivity contribution in [2.45, 2.75) is 31.9 Å². The number of aliphatic hydroxyl groups excluding tert-OH is 1. The fraction of sp³-hybridized carbons (Fsp3) is 0.909. The van der Waals surface area contributed by atoms with E-state index in [-0.39, 0.29) is 12.0 Å². The molecular formula is C11H21N3O. The van der Waals surface area contributed by atoms with Crippen molar-refractivity contribution in [3.63, 3.8) is 0 Å². The minimum Gasteiger partial charge on any atom is -0.390 e. The lowest BCUT2D eigenvalue weighted by Gasteiger charge is -2.21. The highest BCUT2D eigenvalue weighted by Gasteiger charge is 2.21. The molecule has 15 heavy (non-hydrogen) atoms. The number of likely N-dealkylation sites (N-methyl/N-ethyl adjacent to an activating group) is 1. The summed E-state index contributed by atoms with van der Waals surface area (Å²) in [6.07, 6.45) is 2.16. The summed E-state index contributed by atoms with van der Waals surface area (Å²) < 4.78 is 0. The smallest absolute Gasteiger partial charge is 0.0791 e. The second-order valence-corrected chi connectivity index (χ2v) is 4.59. The van der Waals surface area contributed by atoms with Crippen LogP contribution in [0.4, 0.5) is 0 Å². The van der Waals surface area contributed by atoms with Crippen LogP contribution in [0.5, 0.6) is 0 Å². The zero-order valence-corrected chi connectivity index (χ0v) is 9.61. The number of nitrogens with one attached hydrogen (secondary N) is 1. The van der Waals surface area contributed by atoms with Gasteiger partial charge < -0.3 is 15.3 Å². The number of nitriles is 1. The summed E-state index contributed by atoms with van der Waals surface area (Å²) in [5, 5.41) is 21.6. The van der Waals surface area contributed by atoms with Crippen molar-refractivity contribution in [2.24, 2.45) is 5.92 Å². The molecule has 2 N–H and O–H groups in total. The van der Waals surface area contributed by atoms with Crippen molar-refractivity contribution in [3.05, 3.63) is 0 Å². The Morgan fingerprint density at radius 2 is 2.20 bits per heavy atom. The van der Waals surface area contributed by atoms with Gasteiger partial charge in [0.25, 0.3) is 0 Å². The molecule has 0 spiro atoms. The standard InChI is InChI=1S/C11H21N3O/c1-9(5-12)7-14(2)8-11(15)6-13-10-3-4-10/h9-11,13,15H,3-4,6-8H2,1-2H3. The Hall–Kier alpha value is -0.630. The second-order valence-electron chi connectivity index (χ2n) is 4.59. The third-order valence-corrected chi connectivity index (χ3v) is 2.55. The van der Waals surface area contributed by atoms with Gasteiger partial charge in [-0.2, -0.15) is 5.26 Å². The Labute approximate surface area is 91.9 Å². The fourth-order valence-corrected chi connectivity index (χ4v) is 1.60. The average molecular weight is 211 g/mol. The number of rotatable bonds is 7. The molecule has 0 aliphatic heterocycles. The highest BCUT2D eigenvalue weighted by Crippen LogP contribution is 2.18. The largest absolute Gasteiger partial charge is 0.390 e. The predicted molar refractivity (Wildman–Crippen MR) is 59.3 cm³/mol. The molecule has 2 atom stereocenters. The molecule has 1 aliphatic rings. The molecule has 0 aromatic rings. The predicted octanol–water partition coefficient (Wildman–Crippen LogP) is 0.191. The van der Waals surface area contributed by atoms with E-state index in [1.807, 2.05) is 18.9 Å². The minimum atomic E-state index is -0.332. The van der Waals surface area contributed by atoms with Gasteiger partial charge in [0.15, 0.2) is 0 Å². The van der Waals surface area contributed by atoms with Crippen molar-refractivity contribution < 1.29 is 5.11 Å². The molecule has 4 nitrogen and oxygen atoms in total. The first kappa shape index (κ1) is 12.4. The van der Waals surface area contributed by atoms with Crippen LogP contribution in [0.15, 0.2) is 0 Å². The summed E-state index contributed by atoms with van der Waals surface area (Å²) in [7, 11) is 1.94. The molecular weight excluding hydrogens is 190 g/mol. The summed E-state index contributed by atoms with van der Waals surface area (Å²) in [5.74, 6) is 0.0265. The van der Waals surface area contributed by atoms with Crippen molar-refractivity contribution in [1.82, 2.24) is 10.2 Å². The highest BCUT2D eigenvalue weighted by molar-refractivity contribution is 4.83. The fourth-order valence-electron chi connectivity index (χ4n) is 1.60. The average Bonchev–Trinajstić information content (AvgIpc) is 2.97. The molecule has 1 rings (SSSR count). The Balaban J connectivity index is 2.06. The third kappa shape index (κ3) is 5.73. The summed E-state index contributed by atoms with van der Waals surface area (Å²) >= 11 is 0. The molecule has 0 amide bonds. The van der Waals surface area contributed by atoms with Gasteiger partial charge in [0.1, 0.15) is 0 Å². The molecule has 2 unspecified atom stereocenters. The zero-order chi connectivity index (χ0) is 11.3. The molecule has 0 aromatic carbocycles. The van der Waals surface area contributed by atoms with E-state index in [0.717, 1.165) is 6.54 Å². The van der Waals surface area contributed by atoms with Crippen molar-refractivity contribution in [2.75, 3.05) is 26.7 Å². The van der Waals surface area contributed by atoms with E-state index >= 15 is 0 Å². The zero-order valence-electron chi connectivity index (χ0n) is 9.61. The second kappa shape index (κ2) is 6.06. The van der Waals surface area contributed by atoms with Crippen LogP contribution in [0.25, 0.3) is 0 Å². The van der Waals surface area contributed by atoms with Crippen LogP contribution in [0.3, 0.4) is 0 Å². The Morgan fingerprint density at radius 3 is 2.73 bits per heavy atom. The molecule has 0 bridgehead atoms. The van der Waals surface area contributed by atoms with Crippen LogP contribution in [0, 0.1) is 17.2 Å². The Bertz CT molecular complexity index is 222.